The smallest absolute Gasteiger partial charge is 0.0652 e. The maximum Gasteiger partial charge on any atom is 0.0652 e. The zero-order chi connectivity index (χ0) is 18.5. The number of halogens is 2. The van der Waals surface area contributed by atoms with Gasteiger partial charge in [-0.05, 0) is 86.6 Å². The van der Waals surface area contributed by atoms with Gasteiger partial charge in [0.2, 0.25) is 0 Å². The highest BCUT2D eigenvalue weighted by Gasteiger charge is 2.26. The van der Waals surface area contributed by atoms with Gasteiger partial charge in [-0.15, -0.1) is 5.73 Å². The molecule has 24 heavy (non-hydrogen) atoms. The molecular formula is C22H28Br2. The van der Waals surface area contributed by atoms with Gasteiger partial charge in [0.25, 0.3) is 0 Å². The van der Waals surface area contributed by atoms with E-state index in [1.165, 1.54) is 33.4 Å². The molecule has 0 aliphatic carbocycles. The first-order valence-corrected chi connectivity index (χ1v) is 10.0. The first kappa shape index (κ1) is 21.2. The molecule has 1 aromatic rings. The second-order valence-electron chi connectivity index (χ2n) is 6.52. The van der Waals surface area contributed by atoms with E-state index in [0.717, 1.165) is 6.42 Å². The molecule has 0 bridgehead atoms. The molecule has 0 fully saturated rings. The van der Waals surface area contributed by atoms with Crippen molar-refractivity contribution in [3.63, 3.8) is 0 Å². The van der Waals surface area contributed by atoms with Crippen molar-refractivity contribution in [2.75, 3.05) is 0 Å². The molecule has 2 atom stereocenters. The summed E-state index contributed by atoms with van der Waals surface area (Å²) < 4.78 is -0.0282. The van der Waals surface area contributed by atoms with Crippen LogP contribution in [0.15, 0.2) is 53.8 Å². The van der Waals surface area contributed by atoms with E-state index in [1.54, 1.807) is 0 Å². The summed E-state index contributed by atoms with van der Waals surface area (Å²) in [6.45, 7) is 16.7. The van der Waals surface area contributed by atoms with Crippen molar-refractivity contribution in [3.05, 3.63) is 76.1 Å². The third kappa shape index (κ3) is 5.34. The minimum Gasteiger partial charge on any atom is -0.123 e. The Bertz CT molecular complexity index is 699. The number of benzene rings is 1. The van der Waals surface area contributed by atoms with Gasteiger partial charge in [0.15, 0.2) is 0 Å². The molecule has 0 N–H and O–H groups in total. The topological polar surface area (TPSA) is 0 Å². The molecule has 0 saturated carbocycles. The first-order chi connectivity index (χ1) is 11.1. The number of allylic oxidation sites excluding steroid dienone is 4. The van der Waals surface area contributed by atoms with E-state index < -0.39 is 0 Å². The summed E-state index contributed by atoms with van der Waals surface area (Å²) in [7, 11) is 0. The fourth-order valence-electron chi connectivity index (χ4n) is 2.33. The monoisotopic (exact) mass is 450 g/mol. The van der Waals surface area contributed by atoms with E-state index in [9.17, 15) is 0 Å². The van der Waals surface area contributed by atoms with Crippen LogP contribution in [0.4, 0.5) is 0 Å². The molecule has 1 aromatic carbocycles. The van der Waals surface area contributed by atoms with E-state index in [1.807, 2.05) is 12.2 Å². The van der Waals surface area contributed by atoms with Crippen LogP contribution in [0.5, 0.6) is 0 Å². The third-order valence-corrected chi connectivity index (χ3v) is 6.40. The molecule has 0 radical (unpaired) electrons. The van der Waals surface area contributed by atoms with Crippen LogP contribution >= 0.6 is 31.9 Å². The zero-order valence-electron chi connectivity index (χ0n) is 15.6. The third-order valence-electron chi connectivity index (χ3n) is 4.66. The Morgan fingerprint density at radius 1 is 1.25 bits per heavy atom. The second kappa shape index (κ2) is 9.04. The summed E-state index contributed by atoms with van der Waals surface area (Å²) in [5, 5.41) is 0. The van der Waals surface area contributed by atoms with Gasteiger partial charge in [-0.3, -0.25) is 0 Å². The number of hydrogen-bond acceptors (Lipinski definition) is 0. The lowest BCUT2D eigenvalue weighted by Crippen LogP contribution is -2.15. The van der Waals surface area contributed by atoms with Gasteiger partial charge in [0.05, 0.1) is 4.83 Å². The van der Waals surface area contributed by atoms with Gasteiger partial charge >= 0.3 is 0 Å². The van der Waals surface area contributed by atoms with E-state index in [0.29, 0.717) is 0 Å². The second-order valence-corrected chi connectivity index (χ2v) is 9.26. The first-order valence-electron chi connectivity index (χ1n) is 8.31. The molecule has 0 saturated heterocycles. The van der Waals surface area contributed by atoms with E-state index in [-0.39, 0.29) is 9.15 Å². The van der Waals surface area contributed by atoms with Crippen LogP contribution in [0.2, 0.25) is 0 Å². The van der Waals surface area contributed by atoms with Gasteiger partial charge in [-0.25, -0.2) is 0 Å². The molecule has 0 nitrogen and oxygen atoms in total. The minimum atomic E-state index is -0.0282. The summed E-state index contributed by atoms with van der Waals surface area (Å²) >= 11 is 7.73. The molecule has 130 valence electrons. The Labute approximate surface area is 164 Å². The van der Waals surface area contributed by atoms with Crippen molar-refractivity contribution >= 4 is 31.9 Å². The summed E-state index contributed by atoms with van der Waals surface area (Å²) in [6.07, 6.45) is 6.99. The van der Waals surface area contributed by atoms with Crippen LogP contribution in [0, 0.1) is 13.8 Å². The maximum absolute atomic E-state index is 3.91. The number of alkyl halides is 2. The summed E-state index contributed by atoms with van der Waals surface area (Å²) in [4.78, 5) is 0.128. The maximum atomic E-state index is 3.91. The van der Waals surface area contributed by atoms with E-state index in [2.05, 4.69) is 104 Å². The largest absolute Gasteiger partial charge is 0.123 e. The van der Waals surface area contributed by atoms with Crippen molar-refractivity contribution in [1.29, 1.82) is 0 Å². The standard InChI is InChI=1S/C22H28Br2/c1-8-15(3)16(4)11-10-12-21(23)19-13-17(5)18(6)14-20(19)22(7,24)9-2/h8,11-14,21H,1,9H2,2-7H3/b16-15-. The predicted molar refractivity (Wildman–Crippen MR) is 115 cm³/mol. The predicted octanol–water partition coefficient (Wildman–Crippen LogP) is 7.99. The van der Waals surface area contributed by atoms with Crippen molar-refractivity contribution in [1.82, 2.24) is 0 Å². The molecular weight excluding hydrogens is 424 g/mol. The molecule has 0 aliphatic heterocycles. The van der Waals surface area contributed by atoms with Crippen LogP contribution in [-0.4, -0.2) is 0 Å². The fraction of sp³-hybridized carbons (Fsp3) is 0.409. The lowest BCUT2D eigenvalue weighted by atomic mass is 9.88. The van der Waals surface area contributed by atoms with Gasteiger partial charge in [0.1, 0.15) is 0 Å². The highest BCUT2D eigenvalue weighted by Crippen LogP contribution is 2.41. The summed E-state index contributed by atoms with van der Waals surface area (Å²) in [5.41, 5.74) is 10.9. The lowest BCUT2D eigenvalue weighted by Gasteiger charge is -2.27. The van der Waals surface area contributed by atoms with Crippen LogP contribution in [0.25, 0.3) is 0 Å². The summed E-state index contributed by atoms with van der Waals surface area (Å²) in [5.74, 6) is 0. The van der Waals surface area contributed by atoms with E-state index in [4.69, 9.17) is 0 Å². The Hall–Kier alpha value is -0.820. The average Bonchev–Trinajstić information content (AvgIpc) is 2.55. The fourth-order valence-corrected chi connectivity index (χ4v) is 3.21. The number of aryl methyl sites for hydroxylation is 2. The SMILES string of the molecule is C=C/C(C)=C(/C)C=C=CC(Br)c1cc(C)c(C)cc1C(C)(Br)CC. The molecule has 2 unspecified atom stereocenters. The highest BCUT2D eigenvalue weighted by atomic mass is 79.9. The van der Waals surface area contributed by atoms with Gasteiger partial charge in [-0.1, -0.05) is 63.6 Å². The van der Waals surface area contributed by atoms with Crippen molar-refractivity contribution in [2.24, 2.45) is 0 Å². The van der Waals surface area contributed by atoms with Gasteiger partial charge < -0.3 is 0 Å². The van der Waals surface area contributed by atoms with Crippen molar-refractivity contribution < 1.29 is 0 Å². The van der Waals surface area contributed by atoms with E-state index >= 15 is 0 Å². The lowest BCUT2D eigenvalue weighted by molar-refractivity contribution is 0.673. The minimum absolute atomic E-state index is 0.0282. The van der Waals surface area contributed by atoms with Crippen LogP contribution < -0.4 is 0 Å². The summed E-state index contributed by atoms with van der Waals surface area (Å²) in [6, 6.07) is 4.59. The Morgan fingerprint density at radius 3 is 2.38 bits per heavy atom. The van der Waals surface area contributed by atoms with Crippen molar-refractivity contribution in [2.45, 2.75) is 57.1 Å². The van der Waals surface area contributed by atoms with Crippen LogP contribution in [-0.2, 0) is 4.32 Å². The Morgan fingerprint density at radius 2 is 1.83 bits per heavy atom. The quantitative estimate of drug-likeness (QED) is 0.233. The number of hydrogen-bond donors (Lipinski definition) is 0. The molecule has 0 aromatic heterocycles. The van der Waals surface area contributed by atoms with Gasteiger partial charge in [-0.2, -0.15) is 0 Å². The molecule has 1 rings (SSSR count). The van der Waals surface area contributed by atoms with Crippen molar-refractivity contribution in [3.8, 4) is 0 Å². The zero-order valence-corrected chi connectivity index (χ0v) is 18.8. The normalized spacial score (nSPS) is 15.7. The van der Waals surface area contributed by atoms with Gasteiger partial charge in [0, 0.05) is 4.32 Å². The molecule has 0 spiro atoms. The highest BCUT2D eigenvalue weighted by molar-refractivity contribution is 9.09. The van der Waals surface area contributed by atoms with Crippen LogP contribution in [0.1, 0.15) is 61.2 Å². The Balaban J connectivity index is 3.33. The Kier molecular flexibility index (Phi) is 7.99. The average molecular weight is 452 g/mol. The molecule has 0 amide bonds. The van der Waals surface area contributed by atoms with Crippen LogP contribution in [0.3, 0.4) is 0 Å². The molecule has 0 aliphatic rings. The molecule has 0 heterocycles. The number of rotatable bonds is 6. The molecule has 2 heteroatoms.